The standard InChI is InChI=1S/C17H24N2O3/c1-17(10-5-11-17)19-16(22)18-14(8-9-15(20)21)12-13-6-3-2-4-7-13/h2-4,6-7,14H,5,8-12H2,1H3,(H,20,21)(H2,18,19,22). The lowest BCUT2D eigenvalue weighted by Gasteiger charge is -2.39. The molecule has 0 aliphatic heterocycles. The third kappa shape index (κ3) is 5.06. The molecule has 1 aliphatic rings. The first-order valence-corrected chi connectivity index (χ1v) is 7.81. The summed E-state index contributed by atoms with van der Waals surface area (Å²) < 4.78 is 0. The van der Waals surface area contributed by atoms with Crippen molar-refractivity contribution in [3.8, 4) is 0 Å². The van der Waals surface area contributed by atoms with Crippen LogP contribution in [0.15, 0.2) is 30.3 Å². The number of hydrogen-bond acceptors (Lipinski definition) is 2. The van der Waals surface area contributed by atoms with Crippen LogP contribution in [0, 0.1) is 0 Å². The lowest BCUT2D eigenvalue weighted by molar-refractivity contribution is -0.137. The van der Waals surface area contributed by atoms with Crippen LogP contribution >= 0.6 is 0 Å². The van der Waals surface area contributed by atoms with Gasteiger partial charge in [-0.05, 0) is 44.6 Å². The Morgan fingerprint density at radius 1 is 1.27 bits per heavy atom. The maximum absolute atomic E-state index is 12.1. The highest BCUT2D eigenvalue weighted by Gasteiger charge is 2.33. The molecule has 1 unspecified atom stereocenters. The molecule has 0 aromatic heterocycles. The summed E-state index contributed by atoms with van der Waals surface area (Å²) in [5.74, 6) is -0.841. The Balaban J connectivity index is 1.91. The van der Waals surface area contributed by atoms with E-state index in [4.69, 9.17) is 5.11 Å². The van der Waals surface area contributed by atoms with Gasteiger partial charge in [0.1, 0.15) is 0 Å². The molecule has 5 nitrogen and oxygen atoms in total. The monoisotopic (exact) mass is 304 g/mol. The number of carbonyl (C=O) groups excluding carboxylic acids is 1. The number of carbonyl (C=O) groups is 2. The molecule has 22 heavy (non-hydrogen) atoms. The summed E-state index contributed by atoms with van der Waals surface area (Å²) in [5.41, 5.74) is 0.988. The molecule has 1 fully saturated rings. The molecule has 1 atom stereocenters. The molecule has 1 aromatic rings. The Kier molecular flexibility index (Phi) is 5.41. The van der Waals surface area contributed by atoms with Crippen LogP contribution in [0.4, 0.5) is 4.79 Å². The first-order chi connectivity index (χ1) is 10.5. The van der Waals surface area contributed by atoms with Crippen LogP contribution in [0.5, 0.6) is 0 Å². The topological polar surface area (TPSA) is 78.4 Å². The van der Waals surface area contributed by atoms with Crippen LogP contribution in [0.1, 0.15) is 44.6 Å². The molecule has 1 saturated carbocycles. The Morgan fingerprint density at radius 3 is 2.50 bits per heavy atom. The molecule has 5 heteroatoms. The summed E-state index contributed by atoms with van der Waals surface area (Å²) in [5, 5.41) is 14.8. The van der Waals surface area contributed by atoms with Crippen molar-refractivity contribution in [3.05, 3.63) is 35.9 Å². The van der Waals surface area contributed by atoms with E-state index in [2.05, 4.69) is 10.6 Å². The van der Waals surface area contributed by atoms with Crippen molar-refractivity contribution in [3.63, 3.8) is 0 Å². The van der Waals surface area contributed by atoms with E-state index in [0.29, 0.717) is 12.8 Å². The number of amides is 2. The second-order valence-electron chi connectivity index (χ2n) is 6.33. The van der Waals surface area contributed by atoms with E-state index in [1.165, 1.54) is 0 Å². The molecule has 3 N–H and O–H groups in total. The van der Waals surface area contributed by atoms with E-state index in [0.717, 1.165) is 24.8 Å². The predicted octanol–water partition coefficient (Wildman–Crippen LogP) is 2.70. The Labute approximate surface area is 131 Å². The van der Waals surface area contributed by atoms with Crippen molar-refractivity contribution in [2.45, 2.75) is 57.0 Å². The van der Waals surface area contributed by atoms with Crippen LogP contribution in [-0.4, -0.2) is 28.7 Å². The number of hydrogen-bond donors (Lipinski definition) is 3. The highest BCUT2D eigenvalue weighted by atomic mass is 16.4. The summed E-state index contributed by atoms with van der Waals surface area (Å²) in [4.78, 5) is 22.9. The lowest BCUT2D eigenvalue weighted by atomic mass is 9.79. The second-order valence-corrected chi connectivity index (χ2v) is 6.33. The Morgan fingerprint density at radius 2 is 1.95 bits per heavy atom. The number of aliphatic carboxylic acids is 1. The molecule has 0 radical (unpaired) electrons. The van der Waals surface area contributed by atoms with Crippen molar-refractivity contribution >= 4 is 12.0 Å². The first-order valence-electron chi connectivity index (χ1n) is 7.81. The molecule has 2 rings (SSSR count). The third-order valence-corrected chi connectivity index (χ3v) is 4.24. The molecule has 0 saturated heterocycles. The number of carboxylic acid groups (broad SMARTS) is 1. The average Bonchev–Trinajstić information content (AvgIpc) is 2.44. The van der Waals surface area contributed by atoms with Gasteiger partial charge in [0.05, 0.1) is 0 Å². The number of carboxylic acids is 1. The summed E-state index contributed by atoms with van der Waals surface area (Å²) in [6.45, 7) is 2.04. The number of nitrogens with one attached hydrogen (secondary N) is 2. The molecule has 1 aromatic carbocycles. The minimum atomic E-state index is -0.841. The number of benzene rings is 1. The normalized spacial score (nSPS) is 17.1. The largest absolute Gasteiger partial charge is 0.481 e. The number of urea groups is 1. The van der Waals surface area contributed by atoms with Crippen LogP contribution in [0.25, 0.3) is 0 Å². The van der Waals surface area contributed by atoms with Crippen molar-refractivity contribution < 1.29 is 14.7 Å². The lowest BCUT2D eigenvalue weighted by Crippen LogP contribution is -2.56. The van der Waals surface area contributed by atoms with Gasteiger partial charge < -0.3 is 15.7 Å². The van der Waals surface area contributed by atoms with Crippen LogP contribution in [-0.2, 0) is 11.2 Å². The zero-order valence-corrected chi connectivity index (χ0v) is 13.0. The Bertz CT molecular complexity index is 512. The predicted molar refractivity (Wildman–Crippen MR) is 84.7 cm³/mol. The fourth-order valence-electron chi connectivity index (χ4n) is 2.75. The number of rotatable bonds is 7. The molecule has 120 valence electrons. The fourth-order valence-corrected chi connectivity index (χ4v) is 2.75. The minimum Gasteiger partial charge on any atom is -0.481 e. The maximum atomic E-state index is 12.1. The summed E-state index contributed by atoms with van der Waals surface area (Å²) in [6, 6.07) is 9.42. The smallest absolute Gasteiger partial charge is 0.315 e. The molecule has 0 spiro atoms. The second kappa shape index (κ2) is 7.29. The van der Waals surface area contributed by atoms with Crippen LogP contribution in [0.2, 0.25) is 0 Å². The van der Waals surface area contributed by atoms with Gasteiger partial charge in [-0.2, -0.15) is 0 Å². The van der Waals surface area contributed by atoms with Crippen molar-refractivity contribution in [1.82, 2.24) is 10.6 Å². The van der Waals surface area contributed by atoms with E-state index >= 15 is 0 Å². The first kappa shape index (κ1) is 16.3. The molecule has 1 aliphatic carbocycles. The van der Waals surface area contributed by atoms with Gasteiger partial charge in [-0.3, -0.25) is 4.79 Å². The summed E-state index contributed by atoms with van der Waals surface area (Å²) in [6.07, 6.45) is 4.25. The Hall–Kier alpha value is -2.04. The SMILES string of the molecule is CC1(NC(=O)NC(CCC(=O)O)Cc2ccccc2)CCC1. The van der Waals surface area contributed by atoms with Gasteiger partial charge >= 0.3 is 12.0 Å². The van der Waals surface area contributed by atoms with Gasteiger partial charge in [0.15, 0.2) is 0 Å². The third-order valence-electron chi connectivity index (χ3n) is 4.24. The summed E-state index contributed by atoms with van der Waals surface area (Å²) in [7, 11) is 0. The molecular weight excluding hydrogens is 280 g/mol. The van der Waals surface area contributed by atoms with Gasteiger partial charge in [0.2, 0.25) is 0 Å². The van der Waals surface area contributed by atoms with Crippen molar-refractivity contribution in [1.29, 1.82) is 0 Å². The zero-order chi connectivity index (χ0) is 16.0. The van der Waals surface area contributed by atoms with E-state index in [-0.39, 0.29) is 24.0 Å². The molecule has 0 heterocycles. The highest BCUT2D eigenvalue weighted by molar-refractivity contribution is 5.75. The average molecular weight is 304 g/mol. The molecule has 2 amide bonds. The fraction of sp³-hybridized carbons (Fsp3) is 0.529. The van der Waals surface area contributed by atoms with Crippen LogP contribution < -0.4 is 10.6 Å². The van der Waals surface area contributed by atoms with Gasteiger partial charge in [-0.1, -0.05) is 30.3 Å². The molecule has 0 bridgehead atoms. The van der Waals surface area contributed by atoms with Crippen LogP contribution in [0.3, 0.4) is 0 Å². The van der Waals surface area contributed by atoms with Gasteiger partial charge in [0, 0.05) is 18.0 Å². The van der Waals surface area contributed by atoms with Gasteiger partial charge in [-0.15, -0.1) is 0 Å². The van der Waals surface area contributed by atoms with Gasteiger partial charge in [0.25, 0.3) is 0 Å². The van der Waals surface area contributed by atoms with E-state index in [9.17, 15) is 9.59 Å². The summed E-state index contributed by atoms with van der Waals surface area (Å²) >= 11 is 0. The van der Waals surface area contributed by atoms with Gasteiger partial charge in [-0.25, -0.2) is 4.79 Å². The van der Waals surface area contributed by atoms with E-state index in [1.54, 1.807) is 0 Å². The zero-order valence-electron chi connectivity index (χ0n) is 13.0. The van der Waals surface area contributed by atoms with Crippen molar-refractivity contribution in [2.24, 2.45) is 0 Å². The van der Waals surface area contributed by atoms with E-state index in [1.807, 2.05) is 37.3 Å². The highest BCUT2D eigenvalue weighted by Crippen LogP contribution is 2.30. The molecular formula is C17H24N2O3. The maximum Gasteiger partial charge on any atom is 0.315 e. The quantitative estimate of drug-likeness (QED) is 0.724. The van der Waals surface area contributed by atoms with Crippen molar-refractivity contribution in [2.75, 3.05) is 0 Å². The minimum absolute atomic E-state index is 0.0506. The van der Waals surface area contributed by atoms with E-state index < -0.39 is 5.97 Å².